The van der Waals surface area contributed by atoms with Crippen molar-refractivity contribution in [1.82, 2.24) is 9.88 Å². The van der Waals surface area contributed by atoms with Crippen molar-refractivity contribution in [2.24, 2.45) is 0 Å². The topological polar surface area (TPSA) is 47.2 Å². The number of carbonyl (C=O) groups is 1. The van der Waals surface area contributed by atoms with Gasteiger partial charge < -0.3 is 14.3 Å². The van der Waals surface area contributed by atoms with E-state index in [0.717, 1.165) is 22.5 Å². The minimum absolute atomic E-state index is 0.0122. The highest BCUT2D eigenvalue weighted by Gasteiger charge is 2.12. The minimum Gasteiger partial charge on any atom is -0.467 e. The predicted octanol–water partition coefficient (Wildman–Crippen LogP) is 4.61. The molecule has 0 aliphatic heterocycles. The van der Waals surface area contributed by atoms with Gasteiger partial charge in [0, 0.05) is 29.6 Å². The Morgan fingerprint density at radius 3 is 2.58 bits per heavy atom. The first-order chi connectivity index (χ1) is 12.8. The number of aromatic nitrogens is 1. The second-order valence-corrected chi connectivity index (χ2v) is 6.21. The zero-order valence-corrected chi connectivity index (χ0v) is 14.4. The van der Waals surface area contributed by atoms with Crippen molar-refractivity contribution >= 4 is 16.8 Å². The molecule has 1 N–H and O–H groups in total. The molecule has 4 heteroatoms. The number of amides is 1. The largest absolute Gasteiger partial charge is 0.467 e. The molecule has 2 aromatic carbocycles. The SMILES string of the molecule is O=C(CCn1c(-c2ccccc2)cc2ccccc21)NCc1ccco1. The molecule has 0 saturated carbocycles. The van der Waals surface area contributed by atoms with E-state index in [1.807, 2.05) is 42.5 Å². The van der Waals surface area contributed by atoms with Gasteiger partial charge in [-0.2, -0.15) is 0 Å². The van der Waals surface area contributed by atoms with Crippen LogP contribution in [0.4, 0.5) is 0 Å². The normalized spacial score (nSPS) is 10.9. The van der Waals surface area contributed by atoms with Crippen LogP contribution in [-0.2, 0) is 17.9 Å². The number of nitrogens with one attached hydrogen (secondary N) is 1. The quantitative estimate of drug-likeness (QED) is 0.555. The zero-order chi connectivity index (χ0) is 17.8. The molecule has 0 aliphatic rings. The summed E-state index contributed by atoms with van der Waals surface area (Å²) in [5.74, 6) is 0.771. The fourth-order valence-electron chi connectivity index (χ4n) is 3.20. The standard InChI is InChI=1S/C22H20N2O2/c25-22(23-16-19-10-6-14-26-19)12-13-24-20-11-5-4-9-18(20)15-21(24)17-7-2-1-3-8-17/h1-11,14-15H,12-13,16H2,(H,23,25). The maximum absolute atomic E-state index is 12.3. The molecule has 0 bridgehead atoms. The third kappa shape index (κ3) is 3.40. The van der Waals surface area contributed by atoms with Crippen LogP contribution in [0.25, 0.3) is 22.2 Å². The molecule has 130 valence electrons. The van der Waals surface area contributed by atoms with Crippen LogP contribution in [0.5, 0.6) is 0 Å². The molecule has 1 amide bonds. The van der Waals surface area contributed by atoms with Gasteiger partial charge in [-0.15, -0.1) is 0 Å². The molecule has 0 radical (unpaired) electrons. The highest BCUT2D eigenvalue weighted by molar-refractivity contribution is 5.87. The number of furan rings is 1. The van der Waals surface area contributed by atoms with Crippen molar-refractivity contribution in [1.29, 1.82) is 0 Å². The van der Waals surface area contributed by atoms with Gasteiger partial charge in [-0.25, -0.2) is 0 Å². The molecular formula is C22H20N2O2. The Labute approximate surface area is 152 Å². The Hall–Kier alpha value is -3.27. The average molecular weight is 344 g/mol. The Kier molecular flexibility index (Phi) is 4.56. The van der Waals surface area contributed by atoms with E-state index in [0.29, 0.717) is 19.5 Å². The van der Waals surface area contributed by atoms with Crippen LogP contribution in [0.2, 0.25) is 0 Å². The number of carbonyl (C=O) groups excluding carboxylic acids is 1. The van der Waals surface area contributed by atoms with Gasteiger partial charge in [0.1, 0.15) is 5.76 Å². The summed E-state index contributed by atoms with van der Waals surface area (Å²) in [5.41, 5.74) is 3.43. The molecule has 4 nitrogen and oxygen atoms in total. The molecule has 2 heterocycles. The number of nitrogens with zero attached hydrogens (tertiary/aromatic N) is 1. The van der Waals surface area contributed by atoms with Crippen LogP contribution in [0.1, 0.15) is 12.2 Å². The van der Waals surface area contributed by atoms with Gasteiger partial charge in [-0.1, -0.05) is 48.5 Å². The first-order valence-corrected chi connectivity index (χ1v) is 8.74. The molecule has 0 aliphatic carbocycles. The Morgan fingerprint density at radius 2 is 1.77 bits per heavy atom. The van der Waals surface area contributed by atoms with E-state index in [2.05, 4.69) is 40.2 Å². The van der Waals surface area contributed by atoms with E-state index in [1.165, 1.54) is 5.39 Å². The van der Waals surface area contributed by atoms with E-state index in [9.17, 15) is 4.79 Å². The Morgan fingerprint density at radius 1 is 0.962 bits per heavy atom. The highest BCUT2D eigenvalue weighted by Crippen LogP contribution is 2.28. The molecule has 4 rings (SSSR count). The summed E-state index contributed by atoms with van der Waals surface area (Å²) in [6.07, 6.45) is 2.03. The molecule has 0 fully saturated rings. The van der Waals surface area contributed by atoms with Gasteiger partial charge >= 0.3 is 0 Å². The Bertz CT molecular complexity index is 1000. The van der Waals surface area contributed by atoms with Crippen LogP contribution in [0.15, 0.2) is 83.5 Å². The summed E-state index contributed by atoms with van der Waals surface area (Å²) in [7, 11) is 0. The summed E-state index contributed by atoms with van der Waals surface area (Å²) in [6.45, 7) is 1.05. The second-order valence-electron chi connectivity index (χ2n) is 6.21. The summed E-state index contributed by atoms with van der Waals surface area (Å²) in [6, 6.07) is 24.4. The number of aryl methyl sites for hydroxylation is 1. The summed E-state index contributed by atoms with van der Waals surface area (Å²) in [5, 5.41) is 4.09. The third-order valence-electron chi connectivity index (χ3n) is 4.48. The van der Waals surface area contributed by atoms with E-state index < -0.39 is 0 Å². The van der Waals surface area contributed by atoms with Gasteiger partial charge in [0.25, 0.3) is 0 Å². The first kappa shape index (κ1) is 16.2. The molecule has 0 atom stereocenters. The van der Waals surface area contributed by atoms with Crippen LogP contribution < -0.4 is 5.32 Å². The zero-order valence-electron chi connectivity index (χ0n) is 14.4. The number of rotatable bonds is 6. The lowest BCUT2D eigenvalue weighted by Crippen LogP contribution is -2.23. The maximum atomic E-state index is 12.3. The summed E-state index contributed by atoms with van der Waals surface area (Å²) in [4.78, 5) is 12.3. The van der Waals surface area contributed by atoms with Crippen molar-refractivity contribution in [2.75, 3.05) is 0 Å². The maximum Gasteiger partial charge on any atom is 0.222 e. The minimum atomic E-state index is 0.0122. The van der Waals surface area contributed by atoms with Gasteiger partial charge in [0.05, 0.1) is 12.8 Å². The van der Waals surface area contributed by atoms with Crippen molar-refractivity contribution in [2.45, 2.75) is 19.5 Å². The number of para-hydroxylation sites is 1. The van der Waals surface area contributed by atoms with E-state index >= 15 is 0 Å². The van der Waals surface area contributed by atoms with Crippen LogP contribution in [-0.4, -0.2) is 10.5 Å². The van der Waals surface area contributed by atoms with Gasteiger partial charge in [0.2, 0.25) is 5.91 Å². The van der Waals surface area contributed by atoms with Crippen LogP contribution >= 0.6 is 0 Å². The number of benzene rings is 2. The molecule has 0 unspecified atom stereocenters. The first-order valence-electron chi connectivity index (χ1n) is 8.74. The summed E-state index contributed by atoms with van der Waals surface area (Å²) >= 11 is 0. The molecule has 0 spiro atoms. The van der Waals surface area contributed by atoms with Gasteiger partial charge in [-0.05, 0) is 29.8 Å². The van der Waals surface area contributed by atoms with Gasteiger partial charge in [-0.3, -0.25) is 4.79 Å². The fraction of sp³-hybridized carbons (Fsp3) is 0.136. The fourth-order valence-corrected chi connectivity index (χ4v) is 3.20. The van der Waals surface area contributed by atoms with Crippen LogP contribution in [0, 0.1) is 0 Å². The molecular weight excluding hydrogens is 324 g/mol. The lowest BCUT2D eigenvalue weighted by molar-refractivity contribution is -0.121. The van der Waals surface area contributed by atoms with Crippen molar-refractivity contribution in [3.63, 3.8) is 0 Å². The van der Waals surface area contributed by atoms with Crippen molar-refractivity contribution in [3.05, 3.63) is 84.8 Å². The lowest BCUT2D eigenvalue weighted by Gasteiger charge is -2.11. The third-order valence-corrected chi connectivity index (χ3v) is 4.48. The average Bonchev–Trinajstić information content (AvgIpc) is 3.33. The number of fused-ring (bicyclic) bond motifs is 1. The molecule has 2 aromatic heterocycles. The predicted molar refractivity (Wildman–Crippen MR) is 103 cm³/mol. The van der Waals surface area contributed by atoms with E-state index in [-0.39, 0.29) is 5.91 Å². The molecule has 26 heavy (non-hydrogen) atoms. The summed E-state index contributed by atoms with van der Waals surface area (Å²) < 4.78 is 7.47. The highest BCUT2D eigenvalue weighted by atomic mass is 16.3. The lowest BCUT2D eigenvalue weighted by atomic mass is 10.1. The van der Waals surface area contributed by atoms with Gasteiger partial charge in [0.15, 0.2) is 0 Å². The number of hydrogen-bond acceptors (Lipinski definition) is 2. The van der Waals surface area contributed by atoms with Crippen molar-refractivity contribution in [3.8, 4) is 11.3 Å². The van der Waals surface area contributed by atoms with E-state index in [1.54, 1.807) is 6.26 Å². The van der Waals surface area contributed by atoms with Crippen molar-refractivity contribution < 1.29 is 9.21 Å². The van der Waals surface area contributed by atoms with E-state index in [4.69, 9.17) is 4.42 Å². The molecule has 4 aromatic rings. The smallest absolute Gasteiger partial charge is 0.222 e. The number of hydrogen-bond donors (Lipinski definition) is 1. The molecule has 0 saturated heterocycles. The second kappa shape index (κ2) is 7.31. The van der Waals surface area contributed by atoms with Crippen LogP contribution in [0.3, 0.4) is 0 Å². The Balaban J connectivity index is 1.54. The monoisotopic (exact) mass is 344 g/mol.